The Morgan fingerprint density at radius 2 is 2.00 bits per heavy atom. The number of rotatable bonds is 4. The summed E-state index contributed by atoms with van der Waals surface area (Å²) in [5, 5.41) is 10.7. The lowest BCUT2D eigenvalue weighted by molar-refractivity contribution is -0.137. The van der Waals surface area contributed by atoms with Gasteiger partial charge in [-0.25, -0.2) is 10.4 Å². The van der Waals surface area contributed by atoms with Crippen LogP contribution in [-0.2, 0) is 12.7 Å². The molecule has 0 aliphatic rings. The Morgan fingerprint density at radius 3 is 2.57 bits per heavy atom. The molecular formula is C13H14ClF3N6. The fraction of sp³-hybridized carbons (Fsp3) is 0.154. The standard InChI is InChI=1S/C13H13F3N6.ClH/c14-13(15,16)10-3-1-9(2-4-10)8-22-6-5-19-11(22)7-20-21-12(17)18;/h1-7H,8H2,(H4,17,18,21);1H/b20-7+;. The maximum atomic E-state index is 12.5. The highest BCUT2D eigenvalue weighted by atomic mass is 35.5. The molecular weight excluding hydrogens is 333 g/mol. The van der Waals surface area contributed by atoms with Gasteiger partial charge in [0.05, 0.1) is 11.8 Å². The first-order valence-corrected chi connectivity index (χ1v) is 6.16. The quantitative estimate of drug-likeness (QED) is 0.450. The summed E-state index contributed by atoms with van der Waals surface area (Å²) in [5.41, 5.74) is 7.34. The van der Waals surface area contributed by atoms with Crippen LogP contribution in [0.5, 0.6) is 0 Å². The highest BCUT2D eigenvalue weighted by Crippen LogP contribution is 2.29. The van der Waals surface area contributed by atoms with Gasteiger partial charge in [0, 0.05) is 18.9 Å². The summed E-state index contributed by atoms with van der Waals surface area (Å²) in [7, 11) is 0. The molecule has 1 aromatic carbocycles. The van der Waals surface area contributed by atoms with Crippen LogP contribution in [0.1, 0.15) is 17.0 Å². The third kappa shape index (κ3) is 5.29. The van der Waals surface area contributed by atoms with Crippen LogP contribution in [0.2, 0.25) is 0 Å². The van der Waals surface area contributed by atoms with E-state index in [1.54, 1.807) is 17.0 Å². The molecule has 1 heterocycles. The minimum absolute atomic E-state index is 0. The molecule has 0 unspecified atom stereocenters. The van der Waals surface area contributed by atoms with Gasteiger partial charge in [-0.15, -0.1) is 12.4 Å². The second-order valence-corrected chi connectivity index (χ2v) is 4.39. The number of aromatic nitrogens is 2. The second-order valence-electron chi connectivity index (χ2n) is 4.39. The number of hydrazone groups is 1. The van der Waals surface area contributed by atoms with Crippen molar-refractivity contribution >= 4 is 24.6 Å². The van der Waals surface area contributed by atoms with E-state index in [1.807, 2.05) is 0 Å². The molecule has 23 heavy (non-hydrogen) atoms. The molecule has 1 aromatic heterocycles. The Bertz CT molecular complexity index is 678. The van der Waals surface area contributed by atoms with Gasteiger partial charge in [0.25, 0.3) is 0 Å². The number of benzene rings is 1. The molecule has 2 aromatic rings. The molecule has 0 fully saturated rings. The lowest BCUT2D eigenvalue weighted by atomic mass is 10.1. The minimum Gasteiger partial charge on any atom is -0.369 e. The number of halogens is 4. The lowest BCUT2D eigenvalue weighted by Gasteiger charge is -2.09. The van der Waals surface area contributed by atoms with Crippen LogP contribution in [0.3, 0.4) is 0 Å². The Labute approximate surface area is 136 Å². The molecule has 4 N–H and O–H groups in total. The highest BCUT2D eigenvalue weighted by Gasteiger charge is 2.29. The van der Waals surface area contributed by atoms with Crippen molar-refractivity contribution in [3.05, 3.63) is 53.6 Å². The van der Waals surface area contributed by atoms with E-state index in [9.17, 15) is 13.2 Å². The summed E-state index contributed by atoms with van der Waals surface area (Å²) < 4.78 is 39.2. The molecule has 0 radical (unpaired) electrons. The van der Waals surface area contributed by atoms with Crippen molar-refractivity contribution < 1.29 is 13.2 Å². The van der Waals surface area contributed by atoms with Crippen molar-refractivity contribution in [2.24, 2.45) is 10.8 Å². The predicted octanol–water partition coefficient (Wildman–Crippen LogP) is 2.19. The highest BCUT2D eigenvalue weighted by molar-refractivity contribution is 5.85. The molecule has 0 spiro atoms. The average molecular weight is 347 g/mol. The monoisotopic (exact) mass is 346 g/mol. The molecule has 0 atom stereocenters. The van der Waals surface area contributed by atoms with Gasteiger partial charge in [0.2, 0.25) is 5.96 Å². The van der Waals surface area contributed by atoms with Crippen molar-refractivity contribution in [2.45, 2.75) is 12.7 Å². The van der Waals surface area contributed by atoms with Crippen LogP contribution in [0.25, 0.3) is 0 Å². The molecule has 6 nitrogen and oxygen atoms in total. The summed E-state index contributed by atoms with van der Waals surface area (Å²) >= 11 is 0. The fourth-order valence-electron chi connectivity index (χ4n) is 1.74. The summed E-state index contributed by atoms with van der Waals surface area (Å²) in [6, 6.07) is 4.91. The number of hydrogen-bond acceptors (Lipinski definition) is 3. The number of alkyl halides is 3. The number of guanidine groups is 1. The van der Waals surface area contributed by atoms with Crippen LogP contribution in [-0.4, -0.2) is 21.7 Å². The van der Waals surface area contributed by atoms with Crippen LogP contribution in [0, 0.1) is 5.41 Å². The Kier molecular flexibility index (Phi) is 6.14. The number of nitrogens with two attached hydrogens (primary N) is 1. The van der Waals surface area contributed by atoms with Crippen molar-refractivity contribution in [1.29, 1.82) is 5.41 Å². The zero-order chi connectivity index (χ0) is 16.2. The van der Waals surface area contributed by atoms with Gasteiger partial charge in [-0.3, -0.25) is 5.41 Å². The number of nitrogens with zero attached hydrogens (tertiary/aromatic N) is 3. The number of nitrogens with one attached hydrogen (secondary N) is 2. The molecule has 0 aliphatic heterocycles. The van der Waals surface area contributed by atoms with Crippen LogP contribution >= 0.6 is 12.4 Å². The molecule has 0 amide bonds. The van der Waals surface area contributed by atoms with Gasteiger partial charge < -0.3 is 10.3 Å². The summed E-state index contributed by atoms with van der Waals surface area (Å²) in [6.07, 6.45) is 0.237. The maximum Gasteiger partial charge on any atom is 0.416 e. The van der Waals surface area contributed by atoms with E-state index in [0.29, 0.717) is 17.9 Å². The normalized spacial score (nSPS) is 11.3. The smallest absolute Gasteiger partial charge is 0.369 e. The predicted molar refractivity (Wildman–Crippen MR) is 82.7 cm³/mol. The molecule has 0 saturated carbocycles. The van der Waals surface area contributed by atoms with Gasteiger partial charge in [-0.2, -0.15) is 18.3 Å². The van der Waals surface area contributed by atoms with Crippen molar-refractivity contribution in [2.75, 3.05) is 0 Å². The lowest BCUT2D eigenvalue weighted by Crippen LogP contribution is -2.25. The first-order chi connectivity index (χ1) is 10.4. The average Bonchev–Trinajstić information content (AvgIpc) is 2.85. The molecule has 0 aliphatic carbocycles. The van der Waals surface area contributed by atoms with Gasteiger partial charge in [-0.1, -0.05) is 12.1 Å². The van der Waals surface area contributed by atoms with E-state index in [-0.39, 0.29) is 18.4 Å². The van der Waals surface area contributed by atoms with Crippen molar-refractivity contribution in [3.63, 3.8) is 0 Å². The third-order valence-corrected chi connectivity index (χ3v) is 2.75. The molecule has 0 saturated heterocycles. The molecule has 2 rings (SSSR count). The summed E-state index contributed by atoms with van der Waals surface area (Å²) in [5.74, 6) is 0.172. The fourth-order valence-corrected chi connectivity index (χ4v) is 1.74. The van der Waals surface area contributed by atoms with E-state index in [1.165, 1.54) is 18.3 Å². The van der Waals surface area contributed by atoms with Crippen molar-refractivity contribution in [1.82, 2.24) is 15.0 Å². The van der Waals surface area contributed by atoms with E-state index in [4.69, 9.17) is 11.1 Å². The van der Waals surface area contributed by atoms with Gasteiger partial charge in [0.15, 0.2) is 5.82 Å². The largest absolute Gasteiger partial charge is 0.416 e. The minimum atomic E-state index is -4.34. The molecule has 124 valence electrons. The summed E-state index contributed by atoms with van der Waals surface area (Å²) in [6.45, 7) is 0.347. The maximum absolute atomic E-state index is 12.5. The van der Waals surface area contributed by atoms with E-state index < -0.39 is 11.7 Å². The second kappa shape index (κ2) is 7.63. The van der Waals surface area contributed by atoms with Crippen molar-refractivity contribution in [3.8, 4) is 0 Å². The summed E-state index contributed by atoms with van der Waals surface area (Å²) in [4.78, 5) is 4.05. The molecule has 10 heteroatoms. The number of hydrogen-bond donors (Lipinski definition) is 3. The van der Waals surface area contributed by atoms with Gasteiger partial charge in [-0.05, 0) is 17.7 Å². The SMILES string of the molecule is Cl.N=C(N)N/N=C/c1nccn1Cc1ccc(C(F)(F)F)cc1. The van der Waals surface area contributed by atoms with Gasteiger partial charge in [0.1, 0.15) is 0 Å². The van der Waals surface area contributed by atoms with E-state index >= 15 is 0 Å². The first kappa shape index (κ1) is 18.5. The zero-order valence-electron chi connectivity index (χ0n) is 11.7. The van der Waals surface area contributed by atoms with Gasteiger partial charge >= 0.3 is 6.18 Å². The number of imidazole rings is 1. The zero-order valence-corrected chi connectivity index (χ0v) is 12.5. The Hall–Kier alpha value is -2.55. The first-order valence-electron chi connectivity index (χ1n) is 6.16. The van der Waals surface area contributed by atoms with E-state index in [2.05, 4.69) is 15.5 Å². The van der Waals surface area contributed by atoms with Crippen LogP contribution < -0.4 is 11.2 Å². The topological polar surface area (TPSA) is 92.1 Å². The van der Waals surface area contributed by atoms with E-state index in [0.717, 1.165) is 12.1 Å². The molecule has 0 bridgehead atoms. The Balaban J connectivity index is 0.00000264. The van der Waals surface area contributed by atoms with Crippen LogP contribution in [0.4, 0.5) is 13.2 Å². The Morgan fingerprint density at radius 1 is 1.35 bits per heavy atom. The third-order valence-electron chi connectivity index (χ3n) is 2.75. The van der Waals surface area contributed by atoms with Crippen LogP contribution in [0.15, 0.2) is 41.8 Å².